The van der Waals surface area contributed by atoms with Gasteiger partial charge in [-0.1, -0.05) is 6.92 Å². The number of ether oxygens (including phenoxy) is 1. The molecule has 66 valence electrons. The van der Waals surface area contributed by atoms with Gasteiger partial charge in [-0.3, -0.25) is 5.32 Å². The van der Waals surface area contributed by atoms with Gasteiger partial charge in [0.2, 0.25) is 0 Å². The molecule has 1 aliphatic rings. The smallest absolute Gasteiger partial charge is 0.129 e. The van der Waals surface area contributed by atoms with Crippen molar-refractivity contribution in [3.8, 4) is 0 Å². The van der Waals surface area contributed by atoms with Crippen molar-refractivity contribution in [2.24, 2.45) is 5.73 Å². The second-order valence-corrected chi connectivity index (χ2v) is 3.43. The van der Waals surface area contributed by atoms with Crippen LogP contribution < -0.4 is 11.1 Å². The summed E-state index contributed by atoms with van der Waals surface area (Å²) in [5.41, 5.74) is 5.27. The van der Waals surface area contributed by atoms with Crippen LogP contribution in [0.25, 0.3) is 0 Å². The van der Waals surface area contributed by atoms with Gasteiger partial charge in [-0.05, 0) is 20.3 Å². The molecule has 1 heterocycles. The van der Waals surface area contributed by atoms with Gasteiger partial charge in [0, 0.05) is 12.6 Å². The van der Waals surface area contributed by atoms with E-state index >= 15 is 0 Å². The lowest BCUT2D eigenvalue weighted by molar-refractivity contribution is -0.0323. The SMILES string of the molecule is CCC1OC(C)(CN)NC1C. The summed E-state index contributed by atoms with van der Waals surface area (Å²) in [5.74, 6) is 0. The van der Waals surface area contributed by atoms with E-state index in [-0.39, 0.29) is 5.72 Å². The first-order valence-electron chi connectivity index (χ1n) is 4.27. The molecule has 11 heavy (non-hydrogen) atoms. The summed E-state index contributed by atoms with van der Waals surface area (Å²) in [6.45, 7) is 6.80. The third kappa shape index (κ3) is 1.72. The Kier molecular flexibility index (Phi) is 2.52. The van der Waals surface area contributed by atoms with E-state index in [2.05, 4.69) is 19.2 Å². The van der Waals surface area contributed by atoms with Crippen LogP contribution in [-0.4, -0.2) is 24.4 Å². The standard InChI is InChI=1S/C8H18N2O/c1-4-7-6(2)10-8(3,5-9)11-7/h6-7,10H,4-5,9H2,1-3H3. The van der Waals surface area contributed by atoms with Crippen LogP contribution in [0.1, 0.15) is 27.2 Å². The Morgan fingerprint density at radius 1 is 1.64 bits per heavy atom. The molecule has 1 saturated heterocycles. The van der Waals surface area contributed by atoms with E-state index in [1.807, 2.05) is 6.92 Å². The Hall–Kier alpha value is -0.120. The van der Waals surface area contributed by atoms with Crippen molar-refractivity contribution >= 4 is 0 Å². The summed E-state index contributed by atoms with van der Waals surface area (Å²) in [7, 11) is 0. The molecule has 3 unspecified atom stereocenters. The molecule has 0 amide bonds. The molecule has 1 rings (SSSR count). The van der Waals surface area contributed by atoms with Gasteiger partial charge < -0.3 is 10.5 Å². The monoisotopic (exact) mass is 158 g/mol. The topological polar surface area (TPSA) is 47.3 Å². The molecule has 3 N–H and O–H groups in total. The molecule has 0 saturated carbocycles. The number of nitrogens with one attached hydrogen (secondary N) is 1. The van der Waals surface area contributed by atoms with Gasteiger partial charge in [-0.2, -0.15) is 0 Å². The summed E-state index contributed by atoms with van der Waals surface area (Å²) in [4.78, 5) is 0. The molecule has 1 fully saturated rings. The average Bonchev–Trinajstić information content (AvgIpc) is 2.27. The van der Waals surface area contributed by atoms with E-state index < -0.39 is 0 Å². The summed E-state index contributed by atoms with van der Waals surface area (Å²) in [5, 5.41) is 3.33. The molecule has 0 aromatic rings. The fraction of sp³-hybridized carbons (Fsp3) is 1.00. The fourth-order valence-corrected chi connectivity index (χ4v) is 1.59. The molecule has 3 nitrogen and oxygen atoms in total. The number of hydrogen-bond acceptors (Lipinski definition) is 3. The molecule has 0 spiro atoms. The van der Waals surface area contributed by atoms with E-state index in [4.69, 9.17) is 10.5 Å². The largest absolute Gasteiger partial charge is 0.355 e. The zero-order chi connectivity index (χ0) is 8.48. The molecule has 0 aliphatic carbocycles. The predicted molar refractivity (Wildman–Crippen MR) is 45.2 cm³/mol. The van der Waals surface area contributed by atoms with E-state index in [9.17, 15) is 0 Å². The lowest BCUT2D eigenvalue weighted by Crippen LogP contribution is -2.46. The van der Waals surface area contributed by atoms with E-state index in [1.54, 1.807) is 0 Å². The van der Waals surface area contributed by atoms with Crippen molar-refractivity contribution in [2.75, 3.05) is 6.54 Å². The summed E-state index contributed by atoms with van der Waals surface area (Å²) in [6.07, 6.45) is 1.37. The van der Waals surface area contributed by atoms with E-state index in [1.165, 1.54) is 0 Å². The first-order valence-corrected chi connectivity index (χ1v) is 4.27. The van der Waals surface area contributed by atoms with Gasteiger partial charge in [-0.25, -0.2) is 0 Å². The molecule has 3 atom stereocenters. The van der Waals surface area contributed by atoms with Gasteiger partial charge in [0.25, 0.3) is 0 Å². The summed E-state index contributed by atoms with van der Waals surface area (Å²) >= 11 is 0. The maximum atomic E-state index is 5.72. The lowest BCUT2D eigenvalue weighted by Gasteiger charge is -2.21. The average molecular weight is 158 g/mol. The highest BCUT2D eigenvalue weighted by Gasteiger charge is 2.38. The molecule has 0 aromatic carbocycles. The van der Waals surface area contributed by atoms with Gasteiger partial charge >= 0.3 is 0 Å². The molecule has 1 aliphatic heterocycles. The minimum Gasteiger partial charge on any atom is -0.355 e. The van der Waals surface area contributed by atoms with Crippen molar-refractivity contribution < 1.29 is 4.74 Å². The van der Waals surface area contributed by atoms with Crippen molar-refractivity contribution in [1.82, 2.24) is 5.32 Å². The third-order valence-electron chi connectivity index (χ3n) is 2.29. The van der Waals surface area contributed by atoms with Crippen LogP contribution in [0.3, 0.4) is 0 Å². The second-order valence-electron chi connectivity index (χ2n) is 3.43. The fourth-order valence-electron chi connectivity index (χ4n) is 1.59. The second kappa shape index (κ2) is 3.09. The minimum atomic E-state index is -0.292. The Morgan fingerprint density at radius 3 is 2.55 bits per heavy atom. The first kappa shape index (κ1) is 8.97. The van der Waals surface area contributed by atoms with Crippen LogP contribution >= 0.6 is 0 Å². The first-order chi connectivity index (χ1) is 5.11. The minimum absolute atomic E-state index is 0.292. The van der Waals surface area contributed by atoms with Crippen molar-refractivity contribution in [3.05, 3.63) is 0 Å². The van der Waals surface area contributed by atoms with Crippen LogP contribution in [0, 0.1) is 0 Å². The number of nitrogens with two attached hydrogens (primary N) is 1. The lowest BCUT2D eigenvalue weighted by atomic mass is 10.1. The van der Waals surface area contributed by atoms with Crippen LogP contribution in [0.5, 0.6) is 0 Å². The molecule has 0 bridgehead atoms. The zero-order valence-electron chi connectivity index (χ0n) is 7.55. The van der Waals surface area contributed by atoms with Crippen molar-refractivity contribution in [3.63, 3.8) is 0 Å². The van der Waals surface area contributed by atoms with Crippen LogP contribution in [0.15, 0.2) is 0 Å². The maximum Gasteiger partial charge on any atom is 0.129 e. The zero-order valence-corrected chi connectivity index (χ0v) is 7.55. The Morgan fingerprint density at radius 2 is 2.27 bits per heavy atom. The van der Waals surface area contributed by atoms with E-state index in [0.29, 0.717) is 18.7 Å². The normalized spacial score (nSPS) is 44.7. The molecule has 3 heteroatoms. The van der Waals surface area contributed by atoms with Gasteiger partial charge in [0.15, 0.2) is 0 Å². The highest BCUT2D eigenvalue weighted by molar-refractivity contribution is 4.89. The molecule has 0 aromatic heterocycles. The Balaban J connectivity index is 2.55. The number of rotatable bonds is 2. The Labute approximate surface area is 68.3 Å². The highest BCUT2D eigenvalue weighted by atomic mass is 16.5. The maximum absolute atomic E-state index is 5.72. The molecule has 0 radical (unpaired) electrons. The van der Waals surface area contributed by atoms with Crippen LogP contribution in [0.2, 0.25) is 0 Å². The number of hydrogen-bond donors (Lipinski definition) is 2. The molecular formula is C8H18N2O. The third-order valence-corrected chi connectivity index (χ3v) is 2.29. The summed E-state index contributed by atoms with van der Waals surface area (Å²) in [6, 6.07) is 0.425. The quantitative estimate of drug-likeness (QED) is 0.613. The van der Waals surface area contributed by atoms with Gasteiger partial charge in [0.1, 0.15) is 5.72 Å². The van der Waals surface area contributed by atoms with Gasteiger partial charge in [-0.15, -0.1) is 0 Å². The van der Waals surface area contributed by atoms with Crippen LogP contribution in [0.4, 0.5) is 0 Å². The highest BCUT2D eigenvalue weighted by Crippen LogP contribution is 2.22. The predicted octanol–water partition coefficient (Wildman–Crippen LogP) is 0.448. The Bertz CT molecular complexity index is 140. The van der Waals surface area contributed by atoms with E-state index in [0.717, 1.165) is 6.42 Å². The molecular weight excluding hydrogens is 140 g/mol. The van der Waals surface area contributed by atoms with Crippen LogP contribution in [-0.2, 0) is 4.74 Å². The summed E-state index contributed by atoms with van der Waals surface area (Å²) < 4.78 is 5.72. The van der Waals surface area contributed by atoms with Crippen molar-refractivity contribution in [1.29, 1.82) is 0 Å². The van der Waals surface area contributed by atoms with Crippen molar-refractivity contribution in [2.45, 2.75) is 45.1 Å². The van der Waals surface area contributed by atoms with Gasteiger partial charge in [0.05, 0.1) is 6.10 Å².